The van der Waals surface area contributed by atoms with Gasteiger partial charge in [-0.05, 0) is 49.1 Å². The van der Waals surface area contributed by atoms with Gasteiger partial charge in [-0.3, -0.25) is 9.59 Å². The van der Waals surface area contributed by atoms with Crippen molar-refractivity contribution < 1.29 is 18.5 Å². The summed E-state index contributed by atoms with van der Waals surface area (Å²) < 4.78 is 10.4. The number of carbonyl (C=O) groups excluding carboxylic acids is 2. The molecule has 2 aliphatic carbocycles. The minimum Gasteiger partial charge on any atom is -0.461 e. The molecule has 0 saturated heterocycles. The molecule has 134 valence electrons. The molecule has 0 radical (unpaired) electrons. The van der Waals surface area contributed by atoms with Crippen LogP contribution in [0.3, 0.4) is 0 Å². The van der Waals surface area contributed by atoms with Crippen molar-refractivity contribution >= 4 is 17.5 Å². The number of aliphatic imine (C=N–C) groups is 1. The average Bonchev–Trinajstić information content (AvgIpc) is 3.41. The Morgan fingerprint density at radius 2 is 2.22 bits per heavy atom. The summed E-state index contributed by atoms with van der Waals surface area (Å²) in [5.74, 6) is 0.371. The van der Waals surface area contributed by atoms with E-state index in [0.717, 1.165) is 30.5 Å². The maximum atomic E-state index is 12.4. The molecule has 1 atom stereocenters. The molecule has 7 heteroatoms. The lowest BCUT2D eigenvalue weighted by atomic mass is 9.85. The number of fused-ring (bicyclic) bond motifs is 2. The van der Waals surface area contributed by atoms with E-state index >= 15 is 0 Å². The fourth-order valence-electron chi connectivity index (χ4n) is 3.74. The van der Waals surface area contributed by atoms with Crippen LogP contribution in [0.25, 0.3) is 11.5 Å². The first-order chi connectivity index (χ1) is 13.2. The third-order valence-electron chi connectivity index (χ3n) is 4.99. The summed E-state index contributed by atoms with van der Waals surface area (Å²) in [7, 11) is 0. The minimum absolute atomic E-state index is 0.0365. The average molecular weight is 361 g/mol. The quantitative estimate of drug-likeness (QED) is 0.886. The molecule has 2 amide bonds. The molecule has 1 aliphatic heterocycles. The van der Waals surface area contributed by atoms with Gasteiger partial charge in [-0.15, -0.1) is 0 Å². The Kier molecular flexibility index (Phi) is 3.53. The molecule has 0 aromatic carbocycles. The summed E-state index contributed by atoms with van der Waals surface area (Å²) in [6, 6.07) is 4.93. The summed E-state index contributed by atoms with van der Waals surface area (Å²) in [5, 5.41) is 6.69. The van der Waals surface area contributed by atoms with Gasteiger partial charge in [-0.1, -0.05) is 11.2 Å². The Balaban J connectivity index is 1.40. The SMILES string of the molecule is O=C1NC2=CC(=NC(=O)c3cc(-c4ccco4)on3)C=CC2C2=C1CCC2. The maximum absolute atomic E-state index is 12.4. The largest absolute Gasteiger partial charge is 0.461 e. The van der Waals surface area contributed by atoms with E-state index in [1.165, 1.54) is 17.9 Å². The zero-order valence-corrected chi connectivity index (χ0v) is 14.3. The summed E-state index contributed by atoms with van der Waals surface area (Å²) in [4.78, 5) is 28.7. The first kappa shape index (κ1) is 15.7. The van der Waals surface area contributed by atoms with E-state index in [-0.39, 0.29) is 17.5 Å². The van der Waals surface area contributed by atoms with Crippen LogP contribution >= 0.6 is 0 Å². The molecule has 3 aliphatic rings. The number of hydrogen-bond acceptors (Lipinski definition) is 5. The number of aromatic nitrogens is 1. The van der Waals surface area contributed by atoms with Crippen LogP contribution in [0, 0.1) is 5.92 Å². The molecule has 3 heterocycles. The molecule has 0 spiro atoms. The van der Waals surface area contributed by atoms with Crippen LogP contribution in [0.5, 0.6) is 0 Å². The van der Waals surface area contributed by atoms with Crippen LogP contribution in [-0.2, 0) is 4.79 Å². The van der Waals surface area contributed by atoms with Crippen molar-refractivity contribution in [1.29, 1.82) is 0 Å². The minimum atomic E-state index is -0.519. The lowest BCUT2D eigenvalue weighted by Crippen LogP contribution is -2.35. The van der Waals surface area contributed by atoms with Crippen molar-refractivity contribution in [3.05, 3.63) is 65.2 Å². The molecule has 5 rings (SSSR count). The lowest BCUT2D eigenvalue weighted by molar-refractivity contribution is -0.117. The molecule has 0 fully saturated rings. The fraction of sp³-hybridized carbons (Fsp3) is 0.200. The zero-order chi connectivity index (χ0) is 18.4. The third kappa shape index (κ3) is 2.68. The van der Waals surface area contributed by atoms with Crippen LogP contribution in [0.2, 0.25) is 0 Å². The van der Waals surface area contributed by atoms with Gasteiger partial charge in [0.25, 0.3) is 11.8 Å². The van der Waals surface area contributed by atoms with E-state index in [4.69, 9.17) is 8.94 Å². The Hall–Kier alpha value is -3.48. The highest BCUT2D eigenvalue weighted by Gasteiger charge is 2.34. The number of amides is 2. The van der Waals surface area contributed by atoms with Gasteiger partial charge < -0.3 is 14.3 Å². The van der Waals surface area contributed by atoms with Gasteiger partial charge >= 0.3 is 0 Å². The highest BCUT2D eigenvalue weighted by Crippen LogP contribution is 2.39. The second-order valence-corrected chi connectivity index (χ2v) is 6.64. The maximum Gasteiger partial charge on any atom is 0.299 e. The van der Waals surface area contributed by atoms with Crippen LogP contribution < -0.4 is 5.32 Å². The third-order valence-corrected chi connectivity index (χ3v) is 4.99. The zero-order valence-electron chi connectivity index (χ0n) is 14.3. The van der Waals surface area contributed by atoms with Crippen molar-refractivity contribution in [2.75, 3.05) is 0 Å². The normalized spacial score (nSPS) is 22.5. The Labute approximate surface area is 154 Å². The van der Waals surface area contributed by atoms with E-state index in [2.05, 4.69) is 15.5 Å². The number of rotatable bonds is 2. The molecule has 2 aromatic rings. The summed E-state index contributed by atoms with van der Waals surface area (Å²) in [6.45, 7) is 0. The summed E-state index contributed by atoms with van der Waals surface area (Å²) in [6.07, 6.45) is 9.84. The van der Waals surface area contributed by atoms with Crippen LogP contribution in [0.1, 0.15) is 29.8 Å². The first-order valence-corrected chi connectivity index (χ1v) is 8.76. The summed E-state index contributed by atoms with van der Waals surface area (Å²) >= 11 is 0. The Morgan fingerprint density at radius 3 is 3.07 bits per heavy atom. The first-order valence-electron chi connectivity index (χ1n) is 8.76. The number of allylic oxidation sites excluding steroid dienone is 3. The van der Waals surface area contributed by atoms with Gasteiger partial charge in [0.1, 0.15) is 0 Å². The fourth-order valence-corrected chi connectivity index (χ4v) is 3.74. The van der Waals surface area contributed by atoms with Gasteiger partial charge in [0.05, 0.1) is 12.0 Å². The highest BCUT2D eigenvalue weighted by molar-refractivity contribution is 6.14. The van der Waals surface area contributed by atoms with Gasteiger partial charge in [-0.2, -0.15) is 0 Å². The Morgan fingerprint density at radius 1 is 1.30 bits per heavy atom. The van der Waals surface area contributed by atoms with Crippen LogP contribution in [-0.4, -0.2) is 22.7 Å². The summed E-state index contributed by atoms with van der Waals surface area (Å²) in [5.41, 5.74) is 3.43. The monoisotopic (exact) mass is 361 g/mol. The van der Waals surface area contributed by atoms with E-state index in [1.807, 2.05) is 6.08 Å². The van der Waals surface area contributed by atoms with Gasteiger partial charge in [-0.25, -0.2) is 4.99 Å². The molecular weight excluding hydrogens is 346 g/mol. The van der Waals surface area contributed by atoms with Crippen molar-refractivity contribution in [2.24, 2.45) is 10.9 Å². The molecule has 27 heavy (non-hydrogen) atoms. The van der Waals surface area contributed by atoms with Crippen LogP contribution in [0.15, 0.2) is 73.5 Å². The Bertz CT molecular complexity index is 1070. The van der Waals surface area contributed by atoms with Gasteiger partial charge in [0, 0.05) is 23.3 Å². The molecule has 1 unspecified atom stereocenters. The topological polar surface area (TPSA) is 97.7 Å². The van der Waals surface area contributed by atoms with Gasteiger partial charge in [0.2, 0.25) is 5.76 Å². The molecule has 1 N–H and O–H groups in total. The molecule has 0 bridgehead atoms. The molecule has 7 nitrogen and oxygen atoms in total. The van der Waals surface area contributed by atoms with E-state index in [0.29, 0.717) is 17.2 Å². The predicted molar refractivity (Wildman–Crippen MR) is 95.7 cm³/mol. The number of furan rings is 1. The standard InChI is InChI=1S/C20H15N3O4/c24-19-14-4-1-3-12(14)13-7-6-11(9-15(13)22-19)21-20(25)16-10-18(27-23-16)17-5-2-8-26-17/h2,5-10,13H,1,3-4H2,(H,22,24). The smallest absolute Gasteiger partial charge is 0.299 e. The van der Waals surface area contributed by atoms with E-state index in [9.17, 15) is 9.59 Å². The molecular formula is C20H15N3O4. The van der Waals surface area contributed by atoms with Crippen molar-refractivity contribution in [2.45, 2.75) is 19.3 Å². The molecule has 0 saturated carbocycles. The number of carbonyl (C=O) groups is 2. The van der Waals surface area contributed by atoms with E-state index < -0.39 is 5.91 Å². The second-order valence-electron chi connectivity index (χ2n) is 6.64. The van der Waals surface area contributed by atoms with Crippen LogP contribution in [0.4, 0.5) is 0 Å². The number of hydrogen-bond donors (Lipinski definition) is 1. The van der Waals surface area contributed by atoms with Crippen molar-refractivity contribution in [1.82, 2.24) is 10.5 Å². The van der Waals surface area contributed by atoms with Gasteiger partial charge in [0.15, 0.2) is 11.5 Å². The number of nitrogens with zero attached hydrogens (tertiary/aromatic N) is 2. The van der Waals surface area contributed by atoms with E-state index in [1.54, 1.807) is 24.3 Å². The number of nitrogens with one attached hydrogen (secondary N) is 1. The molecule has 2 aromatic heterocycles. The van der Waals surface area contributed by atoms with Crippen molar-refractivity contribution in [3.63, 3.8) is 0 Å². The predicted octanol–water partition coefficient (Wildman–Crippen LogP) is 3.20. The van der Waals surface area contributed by atoms with Crippen molar-refractivity contribution in [3.8, 4) is 11.5 Å². The lowest BCUT2D eigenvalue weighted by Gasteiger charge is -2.28. The second kappa shape index (κ2) is 6.05. The highest BCUT2D eigenvalue weighted by atomic mass is 16.5.